The molecule has 9 nitrogen and oxygen atoms in total. The number of hydrogen-bond donors (Lipinski definition) is 1. The van der Waals surface area contributed by atoms with Gasteiger partial charge in [0, 0.05) is 17.8 Å². The van der Waals surface area contributed by atoms with Crippen LogP contribution in [0.4, 0.5) is 11.5 Å². The molecule has 0 spiro atoms. The van der Waals surface area contributed by atoms with Crippen LogP contribution in [0, 0.1) is 17.0 Å². The minimum absolute atomic E-state index is 0.0178. The fraction of sp³-hybridized carbons (Fsp3) is 0.130. The zero-order valence-electron chi connectivity index (χ0n) is 17.5. The highest BCUT2D eigenvalue weighted by Crippen LogP contribution is 2.24. The van der Waals surface area contributed by atoms with Crippen molar-refractivity contribution in [3.63, 3.8) is 0 Å². The van der Waals surface area contributed by atoms with Crippen LogP contribution >= 0.6 is 11.6 Å². The SMILES string of the molecule is Cc1cc(OCc2ccc(C(=O)Nc3nn(Cc4ccccc4)cc3Cl)o2)ccc1[N+](=O)[O-]. The number of carbonyl (C=O) groups is 1. The number of nitro groups is 1. The standard InChI is InChI=1S/C23H19ClN4O5/c1-15-11-17(7-9-20(15)28(30)31)32-14-18-8-10-21(33-18)23(29)25-22-19(24)13-27(26-22)12-16-5-3-2-4-6-16/h2-11,13H,12,14H2,1H3,(H,25,26,29). The third-order valence-corrected chi connectivity index (χ3v) is 5.04. The number of amides is 1. The maximum Gasteiger partial charge on any atom is 0.292 e. The maximum absolute atomic E-state index is 12.6. The first-order chi connectivity index (χ1) is 15.9. The van der Waals surface area contributed by atoms with Crippen molar-refractivity contribution in [2.45, 2.75) is 20.1 Å². The summed E-state index contributed by atoms with van der Waals surface area (Å²) in [6.45, 7) is 2.20. The molecule has 4 aromatic rings. The fourth-order valence-electron chi connectivity index (χ4n) is 3.16. The first kappa shape index (κ1) is 22.1. The van der Waals surface area contributed by atoms with Gasteiger partial charge in [-0.15, -0.1) is 0 Å². The molecule has 2 aromatic carbocycles. The number of benzene rings is 2. The largest absolute Gasteiger partial charge is 0.486 e. The molecule has 0 radical (unpaired) electrons. The van der Waals surface area contributed by atoms with Gasteiger partial charge in [0.2, 0.25) is 0 Å². The summed E-state index contributed by atoms with van der Waals surface area (Å²) in [6.07, 6.45) is 1.64. The van der Waals surface area contributed by atoms with Gasteiger partial charge in [-0.1, -0.05) is 41.9 Å². The molecule has 0 saturated heterocycles. The van der Waals surface area contributed by atoms with E-state index < -0.39 is 10.8 Å². The van der Waals surface area contributed by atoms with Crippen LogP contribution in [-0.4, -0.2) is 20.6 Å². The van der Waals surface area contributed by atoms with Gasteiger partial charge < -0.3 is 14.5 Å². The Kier molecular flexibility index (Phi) is 6.41. The van der Waals surface area contributed by atoms with Gasteiger partial charge in [0.25, 0.3) is 11.6 Å². The number of nitrogens with one attached hydrogen (secondary N) is 1. The average Bonchev–Trinajstić information content (AvgIpc) is 3.39. The average molecular weight is 467 g/mol. The van der Waals surface area contributed by atoms with Crippen LogP contribution in [0.15, 0.2) is 71.3 Å². The summed E-state index contributed by atoms with van der Waals surface area (Å²) >= 11 is 6.22. The topological polar surface area (TPSA) is 112 Å². The number of nitrogens with zero attached hydrogens (tertiary/aromatic N) is 3. The minimum atomic E-state index is -0.501. The number of halogens is 1. The molecule has 0 atom stereocenters. The van der Waals surface area contributed by atoms with Crippen molar-refractivity contribution >= 4 is 29.0 Å². The predicted molar refractivity (Wildman–Crippen MR) is 122 cm³/mol. The molecular formula is C23H19ClN4O5. The van der Waals surface area contributed by atoms with E-state index in [1.807, 2.05) is 30.3 Å². The lowest BCUT2D eigenvalue weighted by molar-refractivity contribution is -0.385. The third-order valence-electron chi connectivity index (χ3n) is 4.77. The molecule has 168 valence electrons. The Bertz CT molecular complexity index is 1300. The smallest absolute Gasteiger partial charge is 0.292 e. The van der Waals surface area contributed by atoms with E-state index in [-0.39, 0.29) is 23.9 Å². The first-order valence-electron chi connectivity index (χ1n) is 9.94. The summed E-state index contributed by atoms with van der Waals surface area (Å²) in [5, 5.41) is 18.2. The highest BCUT2D eigenvalue weighted by atomic mass is 35.5. The number of aryl methyl sites for hydroxylation is 1. The molecule has 2 heterocycles. The van der Waals surface area contributed by atoms with Gasteiger partial charge in [-0.25, -0.2) is 0 Å². The number of carbonyl (C=O) groups excluding carboxylic acids is 1. The molecule has 10 heteroatoms. The first-order valence-corrected chi connectivity index (χ1v) is 10.3. The number of nitro benzene ring substituents is 1. The van der Waals surface area contributed by atoms with E-state index in [1.165, 1.54) is 18.2 Å². The van der Waals surface area contributed by atoms with E-state index in [1.54, 1.807) is 29.9 Å². The van der Waals surface area contributed by atoms with E-state index in [0.29, 0.717) is 28.6 Å². The lowest BCUT2D eigenvalue weighted by Gasteiger charge is -2.05. The summed E-state index contributed by atoms with van der Waals surface area (Å²) in [5.41, 5.74) is 1.55. The Labute approximate surface area is 193 Å². The van der Waals surface area contributed by atoms with Crippen molar-refractivity contribution in [1.29, 1.82) is 0 Å². The molecule has 0 saturated carbocycles. The molecule has 33 heavy (non-hydrogen) atoms. The van der Waals surface area contributed by atoms with Crippen LogP contribution in [0.25, 0.3) is 0 Å². The van der Waals surface area contributed by atoms with Crippen molar-refractivity contribution in [1.82, 2.24) is 9.78 Å². The van der Waals surface area contributed by atoms with Gasteiger partial charge in [0.15, 0.2) is 11.6 Å². The zero-order chi connectivity index (χ0) is 23.4. The van der Waals surface area contributed by atoms with Crippen molar-refractivity contribution < 1.29 is 18.9 Å². The summed E-state index contributed by atoms with van der Waals surface area (Å²) in [5.74, 6) is 0.669. The Hall–Kier alpha value is -4.11. The maximum atomic E-state index is 12.6. The van der Waals surface area contributed by atoms with Crippen LogP contribution in [0.2, 0.25) is 5.02 Å². The minimum Gasteiger partial charge on any atom is -0.486 e. The molecule has 0 aliphatic heterocycles. The highest BCUT2D eigenvalue weighted by molar-refractivity contribution is 6.33. The highest BCUT2D eigenvalue weighted by Gasteiger charge is 2.16. The number of aromatic nitrogens is 2. The van der Waals surface area contributed by atoms with E-state index in [0.717, 1.165) is 5.56 Å². The molecule has 0 aliphatic carbocycles. The van der Waals surface area contributed by atoms with E-state index in [9.17, 15) is 14.9 Å². The molecule has 2 aromatic heterocycles. The fourth-order valence-corrected chi connectivity index (χ4v) is 3.35. The Morgan fingerprint density at radius 2 is 2.00 bits per heavy atom. The van der Waals surface area contributed by atoms with E-state index >= 15 is 0 Å². The number of furan rings is 1. The zero-order valence-corrected chi connectivity index (χ0v) is 18.3. The van der Waals surface area contributed by atoms with Crippen LogP contribution < -0.4 is 10.1 Å². The van der Waals surface area contributed by atoms with Gasteiger partial charge in [0.05, 0.1) is 11.5 Å². The lowest BCUT2D eigenvalue weighted by atomic mass is 10.2. The lowest BCUT2D eigenvalue weighted by Crippen LogP contribution is -2.12. The van der Waals surface area contributed by atoms with Crippen LogP contribution in [0.1, 0.15) is 27.4 Å². The van der Waals surface area contributed by atoms with Crippen LogP contribution in [0.5, 0.6) is 5.75 Å². The summed E-state index contributed by atoms with van der Waals surface area (Å²) in [7, 11) is 0. The summed E-state index contributed by atoms with van der Waals surface area (Å²) in [4.78, 5) is 23.0. The van der Waals surface area contributed by atoms with Gasteiger partial charge in [-0.3, -0.25) is 19.6 Å². The van der Waals surface area contributed by atoms with Gasteiger partial charge in [-0.2, -0.15) is 5.10 Å². The van der Waals surface area contributed by atoms with Gasteiger partial charge >= 0.3 is 0 Å². The molecule has 1 N–H and O–H groups in total. The second-order valence-electron chi connectivity index (χ2n) is 7.22. The van der Waals surface area contributed by atoms with Crippen LogP contribution in [0.3, 0.4) is 0 Å². The Morgan fingerprint density at radius 1 is 1.21 bits per heavy atom. The molecular weight excluding hydrogens is 448 g/mol. The normalized spacial score (nSPS) is 10.7. The molecule has 0 bridgehead atoms. The van der Waals surface area contributed by atoms with Crippen molar-refractivity contribution in [3.8, 4) is 5.75 Å². The second kappa shape index (κ2) is 9.58. The van der Waals surface area contributed by atoms with Crippen molar-refractivity contribution in [3.05, 3.63) is 105 Å². The number of rotatable bonds is 8. The molecule has 0 aliphatic rings. The number of hydrogen-bond acceptors (Lipinski definition) is 6. The summed E-state index contributed by atoms with van der Waals surface area (Å²) in [6, 6.07) is 17.3. The Balaban J connectivity index is 1.36. The number of ether oxygens (including phenoxy) is 1. The molecule has 4 rings (SSSR count). The second-order valence-corrected chi connectivity index (χ2v) is 7.63. The molecule has 1 amide bonds. The van der Waals surface area contributed by atoms with Gasteiger partial charge in [-0.05, 0) is 36.8 Å². The molecule has 0 unspecified atom stereocenters. The van der Waals surface area contributed by atoms with Gasteiger partial charge in [0.1, 0.15) is 23.1 Å². The third kappa shape index (κ3) is 5.39. The summed E-state index contributed by atoms with van der Waals surface area (Å²) < 4.78 is 12.8. The van der Waals surface area contributed by atoms with Crippen molar-refractivity contribution in [2.24, 2.45) is 0 Å². The van der Waals surface area contributed by atoms with E-state index in [4.69, 9.17) is 20.8 Å². The predicted octanol–water partition coefficient (Wildman–Crippen LogP) is 5.23. The molecule has 0 fully saturated rings. The number of anilines is 1. The Morgan fingerprint density at radius 3 is 2.73 bits per heavy atom. The van der Waals surface area contributed by atoms with Crippen molar-refractivity contribution in [2.75, 3.05) is 5.32 Å². The van der Waals surface area contributed by atoms with Crippen LogP contribution in [-0.2, 0) is 13.2 Å². The quantitative estimate of drug-likeness (QED) is 0.281. The monoisotopic (exact) mass is 466 g/mol. The van der Waals surface area contributed by atoms with E-state index in [2.05, 4.69) is 10.4 Å².